The Hall–Kier alpha value is -2.81. The fourth-order valence-electron chi connectivity index (χ4n) is 2.77. The van der Waals surface area contributed by atoms with Gasteiger partial charge in [0.25, 0.3) is 5.91 Å². The first-order chi connectivity index (χ1) is 13.6. The number of nitrogens with zero attached hydrogens (tertiary/aromatic N) is 2. The molecule has 1 aliphatic rings. The van der Waals surface area contributed by atoms with Gasteiger partial charge in [-0.2, -0.15) is 23.3 Å². The van der Waals surface area contributed by atoms with Crippen molar-refractivity contribution in [2.24, 2.45) is 5.10 Å². The zero-order chi connectivity index (χ0) is 21.3. The number of phenols is 1. The molecule has 1 heterocycles. The maximum atomic E-state index is 13.0. The van der Waals surface area contributed by atoms with Gasteiger partial charge in [0.1, 0.15) is 0 Å². The third-order valence-electron chi connectivity index (χ3n) is 4.16. The first kappa shape index (κ1) is 20.9. The van der Waals surface area contributed by atoms with E-state index in [-0.39, 0.29) is 22.8 Å². The molecule has 2 aromatic carbocycles. The van der Waals surface area contributed by atoms with Crippen LogP contribution in [-0.4, -0.2) is 23.3 Å². The van der Waals surface area contributed by atoms with Crippen LogP contribution in [0.25, 0.3) is 6.08 Å². The van der Waals surface area contributed by atoms with Gasteiger partial charge in [-0.05, 0) is 55.8 Å². The van der Waals surface area contributed by atoms with Crippen LogP contribution in [0, 0.1) is 0 Å². The molecule has 0 radical (unpaired) electrons. The molecule has 0 bridgehead atoms. The van der Waals surface area contributed by atoms with E-state index in [1.807, 2.05) is 0 Å². The second-order valence-electron chi connectivity index (χ2n) is 6.18. The highest BCUT2D eigenvalue weighted by molar-refractivity contribution is 9.10. The summed E-state index contributed by atoms with van der Waals surface area (Å²) in [7, 11) is 0. The number of hydrogen-bond donors (Lipinski definition) is 1. The molecule has 3 rings (SSSR count). The summed E-state index contributed by atoms with van der Waals surface area (Å²) in [5.41, 5.74) is 0.278. The zero-order valence-corrected chi connectivity index (χ0v) is 17.0. The van der Waals surface area contributed by atoms with Crippen LogP contribution in [0.5, 0.6) is 11.5 Å². The number of amides is 1. The lowest BCUT2D eigenvalue weighted by molar-refractivity contribution is -0.137. The number of carbonyl (C=O) groups excluding carboxylic acids is 1. The largest absolute Gasteiger partial charge is 0.504 e. The topological polar surface area (TPSA) is 62.1 Å². The maximum absolute atomic E-state index is 13.0. The van der Waals surface area contributed by atoms with Gasteiger partial charge in [0.15, 0.2) is 11.5 Å². The van der Waals surface area contributed by atoms with Crippen molar-refractivity contribution < 1.29 is 27.8 Å². The second-order valence-corrected chi connectivity index (χ2v) is 7.04. The van der Waals surface area contributed by atoms with E-state index < -0.39 is 17.6 Å². The molecule has 1 aliphatic heterocycles. The number of rotatable bonds is 4. The number of benzene rings is 2. The Kier molecular flexibility index (Phi) is 5.70. The average molecular weight is 469 g/mol. The number of aromatic hydroxyl groups is 1. The number of anilines is 1. The smallest absolute Gasteiger partial charge is 0.416 e. The van der Waals surface area contributed by atoms with Crippen molar-refractivity contribution in [2.75, 3.05) is 11.6 Å². The van der Waals surface area contributed by atoms with E-state index in [0.717, 1.165) is 17.1 Å². The van der Waals surface area contributed by atoms with Gasteiger partial charge in [0, 0.05) is 4.47 Å². The monoisotopic (exact) mass is 468 g/mol. The molecular formula is C20H16BrF3N2O3. The zero-order valence-electron chi connectivity index (χ0n) is 15.4. The lowest BCUT2D eigenvalue weighted by Crippen LogP contribution is -2.21. The van der Waals surface area contributed by atoms with E-state index >= 15 is 0 Å². The molecule has 152 valence electrons. The Labute approximate surface area is 173 Å². The average Bonchev–Trinajstić information content (AvgIpc) is 2.93. The van der Waals surface area contributed by atoms with Crippen molar-refractivity contribution in [1.29, 1.82) is 0 Å². The molecular weight excluding hydrogens is 453 g/mol. The Balaban J connectivity index is 1.98. The number of hydrazone groups is 1. The minimum Gasteiger partial charge on any atom is -0.504 e. The standard InChI is InChI=1S/C20H16BrF3N2O3/c1-3-29-18-8-12(16(21)10-17(18)27)7-15-11(2)25-26(19(15)28)14-6-4-5-13(9-14)20(22,23)24/h4-10,27H,3H2,1-2H3. The predicted octanol–water partition coefficient (Wildman–Crippen LogP) is 5.38. The molecule has 0 saturated heterocycles. The van der Waals surface area contributed by atoms with Crippen LogP contribution < -0.4 is 9.75 Å². The SMILES string of the molecule is CCOc1cc(C=C2C(=O)N(c3cccc(C(F)(F)F)c3)N=C2C)c(Br)cc1O. The van der Waals surface area contributed by atoms with Crippen LogP contribution in [0.1, 0.15) is 25.0 Å². The highest BCUT2D eigenvalue weighted by Gasteiger charge is 2.33. The Morgan fingerprint density at radius 2 is 2.00 bits per heavy atom. The van der Waals surface area contributed by atoms with Gasteiger partial charge >= 0.3 is 6.18 Å². The summed E-state index contributed by atoms with van der Waals surface area (Å²) in [6.07, 6.45) is -2.98. The molecule has 0 atom stereocenters. The van der Waals surface area contributed by atoms with Crippen molar-refractivity contribution in [2.45, 2.75) is 20.0 Å². The van der Waals surface area contributed by atoms with E-state index in [1.54, 1.807) is 26.0 Å². The van der Waals surface area contributed by atoms with Crippen molar-refractivity contribution >= 4 is 39.3 Å². The summed E-state index contributed by atoms with van der Waals surface area (Å²) in [6, 6.07) is 7.41. The first-order valence-corrected chi connectivity index (χ1v) is 9.35. The number of alkyl halides is 3. The van der Waals surface area contributed by atoms with E-state index in [1.165, 1.54) is 18.2 Å². The summed E-state index contributed by atoms with van der Waals surface area (Å²) in [6.45, 7) is 3.70. The third-order valence-corrected chi connectivity index (χ3v) is 4.85. The van der Waals surface area contributed by atoms with Crippen LogP contribution in [0.4, 0.5) is 18.9 Å². The molecule has 1 N–H and O–H groups in total. The number of ether oxygens (including phenoxy) is 1. The maximum Gasteiger partial charge on any atom is 0.416 e. The number of carbonyl (C=O) groups is 1. The van der Waals surface area contributed by atoms with Gasteiger partial charge in [0.2, 0.25) is 0 Å². The molecule has 2 aromatic rings. The Bertz CT molecular complexity index is 1030. The summed E-state index contributed by atoms with van der Waals surface area (Å²) in [5, 5.41) is 15.0. The molecule has 0 unspecified atom stereocenters. The Morgan fingerprint density at radius 1 is 1.28 bits per heavy atom. The minimum atomic E-state index is -4.53. The van der Waals surface area contributed by atoms with Crippen molar-refractivity contribution in [3.63, 3.8) is 0 Å². The summed E-state index contributed by atoms with van der Waals surface area (Å²) in [5.74, 6) is -0.369. The van der Waals surface area contributed by atoms with Crippen LogP contribution in [0.15, 0.2) is 51.5 Å². The van der Waals surface area contributed by atoms with Crippen molar-refractivity contribution in [1.82, 2.24) is 0 Å². The highest BCUT2D eigenvalue weighted by Crippen LogP contribution is 2.36. The first-order valence-electron chi connectivity index (χ1n) is 8.56. The normalized spacial score (nSPS) is 15.8. The molecule has 5 nitrogen and oxygen atoms in total. The van der Waals surface area contributed by atoms with E-state index in [9.17, 15) is 23.1 Å². The molecule has 0 fully saturated rings. The predicted molar refractivity (Wildman–Crippen MR) is 107 cm³/mol. The number of hydrogen-bond acceptors (Lipinski definition) is 4. The minimum absolute atomic E-state index is 0.0207. The summed E-state index contributed by atoms with van der Waals surface area (Å²) >= 11 is 3.32. The molecule has 9 heteroatoms. The quantitative estimate of drug-likeness (QED) is 0.612. The molecule has 0 saturated carbocycles. The molecule has 0 spiro atoms. The van der Waals surface area contributed by atoms with Gasteiger partial charge in [-0.3, -0.25) is 4.79 Å². The fraction of sp³-hybridized carbons (Fsp3) is 0.200. The third kappa shape index (κ3) is 4.29. The summed E-state index contributed by atoms with van der Waals surface area (Å²) in [4.78, 5) is 12.8. The molecule has 29 heavy (non-hydrogen) atoms. The van der Waals surface area contributed by atoms with E-state index in [4.69, 9.17) is 4.74 Å². The van der Waals surface area contributed by atoms with Crippen LogP contribution in [0.2, 0.25) is 0 Å². The Morgan fingerprint density at radius 3 is 2.66 bits per heavy atom. The molecule has 0 aromatic heterocycles. The fourth-order valence-corrected chi connectivity index (χ4v) is 3.21. The number of phenolic OH excluding ortho intramolecular Hbond substituents is 1. The van der Waals surface area contributed by atoms with Crippen LogP contribution >= 0.6 is 15.9 Å². The lowest BCUT2D eigenvalue weighted by atomic mass is 10.1. The van der Waals surface area contributed by atoms with Gasteiger partial charge in [-0.1, -0.05) is 22.0 Å². The van der Waals surface area contributed by atoms with Gasteiger partial charge < -0.3 is 9.84 Å². The van der Waals surface area contributed by atoms with E-state index in [2.05, 4.69) is 21.0 Å². The lowest BCUT2D eigenvalue weighted by Gasteiger charge is -2.14. The highest BCUT2D eigenvalue weighted by atomic mass is 79.9. The molecule has 1 amide bonds. The van der Waals surface area contributed by atoms with Gasteiger partial charge in [-0.15, -0.1) is 0 Å². The summed E-state index contributed by atoms with van der Waals surface area (Å²) < 4.78 is 44.8. The second kappa shape index (κ2) is 7.90. The van der Waals surface area contributed by atoms with Crippen LogP contribution in [-0.2, 0) is 11.0 Å². The molecule has 0 aliphatic carbocycles. The number of halogens is 4. The van der Waals surface area contributed by atoms with Crippen molar-refractivity contribution in [3.8, 4) is 11.5 Å². The van der Waals surface area contributed by atoms with Gasteiger partial charge in [-0.25, -0.2) is 0 Å². The van der Waals surface area contributed by atoms with Crippen molar-refractivity contribution in [3.05, 3.63) is 57.6 Å². The van der Waals surface area contributed by atoms with Gasteiger partial charge in [0.05, 0.1) is 29.1 Å². The van der Waals surface area contributed by atoms with Crippen LogP contribution in [0.3, 0.4) is 0 Å². The van der Waals surface area contributed by atoms with E-state index in [0.29, 0.717) is 22.4 Å².